The van der Waals surface area contributed by atoms with Gasteiger partial charge in [0.05, 0.1) is 12.7 Å². The number of hydrogen-bond donors (Lipinski definition) is 0. The zero-order valence-electron chi connectivity index (χ0n) is 11.8. The monoisotopic (exact) mass is 351 g/mol. The normalized spacial score (nSPS) is 10.3. The van der Waals surface area contributed by atoms with Gasteiger partial charge in [-0.1, -0.05) is 28.1 Å². The van der Waals surface area contributed by atoms with E-state index in [0.717, 1.165) is 10.0 Å². The van der Waals surface area contributed by atoms with Gasteiger partial charge in [-0.3, -0.25) is 4.79 Å². The summed E-state index contributed by atoms with van der Waals surface area (Å²) in [5, 5.41) is 0. The molecule has 0 saturated carbocycles. The lowest BCUT2D eigenvalue weighted by molar-refractivity contribution is 0.0781. The molecule has 110 valence electrons. The Balaban J connectivity index is 2.19. The maximum Gasteiger partial charge on any atom is 0.257 e. The van der Waals surface area contributed by atoms with Gasteiger partial charge in [-0.2, -0.15) is 0 Å². The first-order valence-electron chi connectivity index (χ1n) is 6.34. The zero-order valence-corrected chi connectivity index (χ0v) is 13.4. The second-order valence-electron chi connectivity index (χ2n) is 4.64. The number of rotatable bonds is 4. The number of ether oxygens (including phenoxy) is 1. The second-order valence-corrected chi connectivity index (χ2v) is 5.55. The zero-order chi connectivity index (χ0) is 15.4. The predicted octanol–water partition coefficient (Wildman–Crippen LogP) is 3.87. The van der Waals surface area contributed by atoms with Gasteiger partial charge in [-0.15, -0.1) is 0 Å². The SMILES string of the molecule is COc1cc(Br)ccc1C(=O)N(C)Cc1cccc(F)c1. The summed E-state index contributed by atoms with van der Waals surface area (Å²) in [6.45, 7) is 0.329. The topological polar surface area (TPSA) is 29.5 Å². The highest BCUT2D eigenvalue weighted by Gasteiger charge is 2.17. The lowest BCUT2D eigenvalue weighted by atomic mass is 10.1. The summed E-state index contributed by atoms with van der Waals surface area (Å²) in [5.41, 5.74) is 1.21. The Kier molecular flexibility index (Phi) is 4.96. The fraction of sp³-hybridized carbons (Fsp3) is 0.188. The van der Waals surface area contributed by atoms with Crippen molar-refractivity contribution in [3.8, 4) is 5.75 Å². The largest absolute Gasteiger partial charge is 0.496 e. The summed E-state index contributed by atoms with van der Waals surface area (Å²) in [5.74, 6) is 0.0126. The molecule has 0 bridgehead atoms. The van der Waals surface area contributed by atoms with E-state index in [-0.39, 0.29) is 11.7 Å². The number of carbonyl (C=O) groups is 1. The van der Waals surface area contributed by atoms with Crippen LogP contribution >= 0.6 is 15.9 Å². The van der Waals surface area contributed by atoms with E-state index in [1.165, 1.54) is 24.1 Å². The van der Waals surface area contributed by atoms with Gasteiger partial charge in [0, 0.05) is 18.1 Å². The number of nitrogens with zero attached hydrogens (tertiary/aromatic N) is 1. The molecule has 0 unspecified atom stereocenters. The van der Waals surface area contributed by atoms with Crippen LogP contribution in [0.1, 0.15) is 15.9 Å². The van der Waals surface area contributed by atoms with Gasteiger partial charge in [0.25, 0.3) is 5.91 Å². The number of carbonyl (C=O) groups excluding carboxylic acids is 1. The van der Waals surface area contributed by atoms with Gasteiger partial charge in [-0.25, -0.2) is 4.39 Å². The van der Waals surface area contributed by atoms with Crippen LogP contribution in [0, 0.1) is 5.82 Å². The van der Waals surface area contributed by atoms with Crippen molar-refractivity contribution in [3.05, 3.63) is 63.9 Å². The first kappa shape index (κ1) is 15.5. The van der Waals surface area contributed by atoms with E-state index in [1.54, 1.807) is 37.4 Å². The van der Waals surface area contributed by atoms with Crippen LogP contribution in [0.5, 0.6) is 5.75 Å². The molecule has 2 aromatic carbocycles. The molecule has 3 nitrogen and oxygen atoms in total. The lowest BCUT2D eigenvalue weighted by Crippen LogP contribution is -2.26. The molecule has 0 aliphatic heterocycles. The highest BCUT2D eigenvalue weighted by atomic mass is 79.9. The highest BCUT2D eigenvalue weighted by Crippen LogP contribution is 2.25. The van der Waals surface area contributed by atoms with Crippen LogP contribution in [0.15, 0.2) is 46.9 Å². The molecule has 0 N–H and O–H groups in total. The van der Waals surface area contributed by atoms with Gasteiger partial charge in [0.2, 0.25) is 0 Å². The molecule has 0 atom stereocenters. The van der Waals surface area contributed by atoms with Gasteiger partial charge in [-0.05, 0) is 35.9 Å². The van der Waals surface area contributed by atoms with Crippen LogP contribution < -0.4 is 4.74 Å². The molecule has 0 heterocycles. The molecule has 2 rings (SSSR count). The molecular formula is C16H15BrFNO2. The van der Waals surface area contributed by atoms with Gasteiger partial charge in [0.1, 0.15) is 11.6 Å². The van der Waals surface area contributed by atoms with Crippen LogP contribution in [0.25, 0.3) is 0 Å². The van der Waals surface area contributed by atoms with Crippen LogP contribution in [0.4, 0.5) is 4.39 Å². The summed E-state index contributed by atoms with van der Waals surface area (Å²) in [7, 11) is 3.19. The minimum atomic E-state index is -0.311. The Morgan fingerprint density at radius 1 is 1.29 bits per heavy atom. The van der Waals surface area contributed by atoms with Crippen molar-refractivity contribution in [1.29, 1.82) is 0 Å². The summed E-state index contributed by atoms with van der Waals surface area (Å²) >= 11 is 3.34. The van der Waals surface area contributed by atoms with Crippen molar-refractivity contribution in [2.24, 2.45) is 0 Å². The molecule has 0 saturated heterocycles. The molecular weight excluding hydrogens is 337 g/mol. The van der Waals surface area contributed by atoms with Crippen molar-refractivity contribution in [2.45, 2.75) is 6.54 Å². The van der Waals surface area contributed by atoms with Crippen LogP contribution in [0.2, 0.25) is 0 Å². The quantitative estimate of drug-likeness (QED) is 0.836. The van der Waals surface area contributed by atoms with Crippen molar-refractivity contribution >= 4 is 21.8 Å². The van der Waals surface area contributed by atoms with Crippen LogP contribution in [0.3, 0.4) is 0 Å². The summed E-state index contributed by atoms with van der Waals surface area (Å²) in [4.78, 5) is 14.0. The van der Waals surface area contributed by atoms with Gasteiger partial charge >= 0.3 is 0 Å². The average molecular weight is 352 g/mol. The molecule has 0 aliphatic carbocycles. The van der Waals surface area contributed by atoms with E-state index in [4.69, 9.17) is 4.74 Å². The lowest BCUT2D eigenvalue weighted by Gasteiger charge is -2.19. The molecule has 2 aromatic rings. The first-order chi connectivity index (χ1) is 10.0. The third-order valence-corrected chi connectivity index (χ3v) is 3.54. The molecule has 0 fully saturated rings. The molecule has 0 aromatic heterocycles. The minimum absolute atomic E-state index is 0.177. The minimum Gasteiger partial charge on any atom is -0.496 e. The summed E-state index contributed by atoms with van der Waals surface area (Å²) in [6, 6.07) is 11.4. The standard InChI is InChI=1S/C16H15BrFNO2/c1-19(10-11-4-3-5-13(18)8-11)16(20)14-7-6-12(17)9-15(14)21-2/h3-9H,10H2,1-2H3. The van der Waals surface area contributed by atoms with Gasteiger partial charge < -0.3 is 9.64 Å². The Labute approximate surface area is 131 Å². The van der Waals surface area contributed by atoms with Crippen LogP contribution in [-0.2, 0) is 6.54 Å². The van der Waals surface area contributed by atoms with Crippen molar-refractivity contribution < 1.29 is 13.9 Å². The Morgan fingerprint density at radius 2 is 2.05 bits per heavy atom. The second kappa shape index (κ2) is 6.72. The average Bonchev–Trinajstić information content (AvgIpc) is 2.46. The Bertz CT molecular complexity index is 660. The van der Waals surface area contributed by atoms with Crippen molar-refractivity contribution in [2.75, 3.05) is 14.2 Å². The molecule has 5 heteroatoms. The maximum atomic E-state index is 13.2. The van der Waals surface area contributed by atoms with E-state index < -0.39 is 0 Å². The first-order valence-corrected chi connectivity index (χ1v) is 7.14. The Morgan fingerprint density at radius 3 is 2.71 bits per heavy atom. The third-order valence-electron chi connectivity index (χ3n) is 3.05. The molecule has 0 radical (unpaired) electrons. The molecule has 21 heavy (non-hydrogen) atoms. The van der Waals surface area contributed by atoms with E-state index in [0.29, 0.717) is 17.9 Å². The van der Waals surface area contributed by atoms with E-state index in [9.17, 15) is 9.18 Å². The van der Waals surface area contributed by atoms with Crippen LogP contribution in [-0.4, -0.2) is 25.0 Å². The van der Waals surface area contributed by atoms with Crippen molar-refractivity contribution in [3.63, 3.8) is 0 Å². The number of hydrogen-bond acceptors (Lipinski definition) is 2. The third kappa shape index (κ3) is 3.82. The number of methoxy groups -OCH3 is 1. The fourth-order valence-electron chi connectivity index (χ4n) is 2.03. The van der Waals surface area contributed by atoms with Crippen molar-refractivity contribution in [1.82, 2.24) is 4.90 Å². The summed E-state index contributed by atoms with van der Waals surface area (Å²) < 4.78 is 19.2. The molecule has 0 aliphatic rings. The van der Waals surface area contributed by atoms with E-state index in [2.05, 4.69) is 15.9 Å². The van der Waals surface area contributed by atoms with Gasteiger partial charge in [0.15, 0.2) is 0 Å². The number of benzene rings is 2. The highest BCUT2D eigenvalue weighted by molar-refractivity contribution is 9.10. The van der Waals surface area contributed by atoms with E-state index >= 15 is 0 Å². The molecule has 1 amide bonds. The number of halogens is 2. The maximum absolute atomic E-state index is 13.2. The smallest absolute Gasteiger partial charge is 0.257 e. The predicted molar refractivity (Wildman–Crippen MR) is 82.9 cm³/mol. The Hall–Kier alpha value is -1.88. The van der Waals surface area contributed by atoms with E-state index in [1.807, 2.05) is 0 Å². The fourth-order valence-corrected chi connectivity index (χ4v) is 2.37. The summed E-state index contributed by atoms with van der Waals surface area (Å²) in [6.07, 6.45) is 0. The number of amides is 1. The molecule has 0 spiro atoms.